The summed E-state index contributed by atoms with van der Waals surface area (Å²) in [7, 11) is 10.7. The Balaban J connectivity index is -0.000000882. The summed E-state index contributed by atoms with van der Waals surface area (Å²) in [4.78, 5) is 11.5. The van der Waals surface area contributed by atoms with Crippen LogP contribution >= 0.6 is 0 Å². The number of hydrogen-bond acceptors (Lipinski definition) is 2. The van der Waals surface area contributed by atoms with Crippen molar-refractivity contribution in [2.75, 3.05) is 54.9 Å². The van der Waals surface area contributed by atoms with Gasteiger partial charge in [-0.2, -0.15) is 0 Å². The van der Waals surface area contributed by atoms with Gasteiger partial charge in [0.05, 0.1) is 40.8 Å². The number of nitrogens with one attached hydrogen (secondary N) is 1. The molecule has 1 amide bonds. The van der Waals surface area contributed by atoms with E-state index < -0.39 is 5.60 Å². The molecule has 166 valence electrons. The second kappa shape index (κ2) is 11.8. The molecule has 0 bridgehead atoms. The molecule has 1 unspecified atom stereocenters. The molecule has 0 spiro atoms. The lowest BCUT2D eigenvalue weighted by Crippen LogP contribution is -2.64. The highest BCUT2D eigenvalue weighted by atomic mass is 16.3. The molecule has 0 fully saturated rings. The van der Waals surface area contributed by atoms with Crippen LogP contribution in [-0.4, -0.2) is 86.0 Å². The topological polar surface area (TPSA) is 49.3 Å². The van der Waals surface area contributed by atoms with Crippen LogP contribution in [0.5, 0.6) is 0 Å². The summed E-state index contributed by atoms with van der Waals surface area (Å²) in [6.45, 7) is 13.8. The SMILES string of the molecule is C=C(C)C(=O)NCCCC(C)(C)[N+](C)(C)CC(C)(O)C[N+](C)(C)C.[CH3-].[CH3-].[CH3-]. The van der Waals surface area contributed by atoms with Crippen molar-refractivity contribution in [2.24, 2.45) is 0 Å². The quantitative estimate of drug-likeness (QED) is 0.261. The zero-order valence-corrected chi connectivity index (χ0v) is 20.5. The predicted octanol–water partition coefficient (Wildman–Crippen LogP) is 3.12. The fourth-order valence-electron chi connectivity index (χ4n) is 3.31. The molecule has 0 saturated heterocycles. The molecule has 0 aromatic rings. The van der Waals surface area contributed by atoms with E-state index >= 15 is 0 Å². The van der Waals surface area contributed by atoms with Crippen LogP contribution in [-0.2, 0) is 4.79 Å². The van der Waals surface area contributed by atoms with Crippen molar-refractivity contribution in [3.05, 3.63) is 34.4 Å². The van der Waals surface area contributed by atoms with E-state index in [1.54, 1.807) is 6.92 Å². The Labute approximate surface area is 171 Å². The molecule has 0 rings (SSSR count). The van der Waals surface area contributed by atoms with Crippen molar-refractivity contribution in [3.8, 4) is 0 Å². The van der Waals surface area contributed by atoms with E-state index in [1.165, 1.54) is 0 Å². The molecule has 5 nitrogen and oxygen atoms in total. The van der Waals surface area contributed by atoms with Crippen LogP contribution in [0.3, 0.4) is 0 Å². The second-order valence-corrected chi connectivity index (χ2v) is 9.74. The van der Waals surface area contributed by atoms with Gasteiger partial charge < -0.3 is 41.7 Å². The molecule has 5 heteroatoms. The molecule has 2 N–H and O–H groups in total. The molecule has 0 heterocycles. The van der Waals surface area contributed by atoms with Gasteiger partial charge in [-0.15, -0.1) is 0 Å². The van der Waals surface area contributed by atoms with E-state index in [0.717, 1.165) is 21.8 Å². The summed E-state index contributed by atoms with van der Waals surface area (Å²) < 4.78 is 1.47. The average Bonchev–Trinajstić information content (AvgIpc) is 2.29. The van der Waals surface area contributed by atoms with Crippen molar-refractivity contribution in [1.29, 1.82) is 0 Å². The van der Waals surface area contributed by atoms with Gasteiger partial charge in [-0.1, -0.05) is 6.58 Å². The highest BCUT2D eigenvalue weighted by Gasteiger charge is 2.43. The number of aliphatic hydroxyl groups is 1. The first-order valence-electron chi connectivity index (χ1n) is 8.79. The number of amides is 1. The van der Waals surface area contributed by atoms with Crippen molar-refractivity contribution >= 4 is 5.91 Å². The van der Waals surface area contributed by atoms with E-state index in [4.69, 9.17) is 0 Å². The highest BCUT2D eigenvalue weighted by molar-refractivity contribution is 5.91. The molecule has 0 aliphatic carbocycles. The van der Waals surface area contributed by atoms with Gasteiger partial charge in [0, 0.05) is 18.5 Å². The normalized spacial score (nSPS) is 14.0. The Morgan fingerprint density at radius 3 is 1.81 bits per heavy atom. The maximum Gasteiger partial charge on any atom is 0.246 e. The third-order valence-corrected chi connectivity index (χ3v) is 4.83. The van der Waals surface area contributed by atoms with Crippen LogP contribution in [0.4, 0.5) is 0 Å². The summed E-state index contributed by atoms with van der Waals surface area (Å²) >= 11 is 0. The number of likely N-dealkylation sites (N-methyl/N-ethyl adjacent to an activating group) is 2. The van der Waals surface area contributed by atoms with Crippen molar-refractivity contribution in [2.45, 2.75) is 51.7 Å². The Hall–Kier alpha value is -0.910. The summed E-state index contributed by atoms with van der Waals surface area (Å²) in [5.41, 5.74) is -0.183. The van der Waals surface area contributed by atoms with Gasteiger partial charge >= 0.3 is 0 Å². The number of hydrogen-bond donors (Lipinski definition) is 2. The summed E-state index contributed by atoms with van der Waals surface area (Å²) in [6, 6.07) is 0. The highest BCUT2D eigenvalue weighted by Crippen LogP contribution is 2.28. The van der Waals surface area contributed by atoms with Crippen LogP contribution < -0.4 is 5.32 Å². The van der Waals surface area contributed by atoms with Crippen molar-refractivity contribution < 1.29 is 18.9 Å². The van der Waals surface area contributed by atoms with E-state index in [0.29, 0.717) is 25.2 Å². The zero-order valence-electron chi connectivity index (χ0n) is 20.5. The molecular formula is C22H50N3O2-. The summed E-state index contributed by atoms with van der Waals surface area (Å²) in [5.74, 6) is -0.0764. The standard InChI is InChI=1S/C19H40N3O2.3CH3/c1-16(2)17(23)20-13-11-12-18(3,4)22(9,10)15-19(5,24)14-21(6,7)8;;;/h24H,1,11-15H2,2-10H3;3*1H3/q+1;3*-1/p+1. The van der Waals surface area contributed by atoms with Crippen LogP contribution in [0.15, 0.2) is 12.2 Å². The molecule has 0 aliphatic heterocycles. The Morgan fingerprint density at radius 1 is 1.00 bits per heavy atom. The zero-order chi connectivity index (χ0) is 19.4. The van der Waals surface area contributed by atoms with Gasteiger partial charge in [-0.25, -0.2) is 0 Å². The van der Waals surface area contributed by atoms with Crippen LogP contribution in [0, 0.1) is 22.3 Å². The lowest BCUT2D eigenvalue weighted by molar-refractivity contribution is -0.950. The first-order valence-corrected chi connectivity index (χ1v) is 8.79. The van der Waals surface area contributed by atoms with E-state index in [9.17, 15) is 9.90 Å². The first-order chi connectivity index (χ1) is 10.5. The van der Waals surface area contributed by atoms with E-state index in [-0.39, 0.29) is 33.7 Å². The first kappa shape index (κ1) is 33.7. The van der Waals surface area contributed by atoms with Gasteiger partial charge in [0.1, 0.15) is 13.1 Å². The smallest absolute Gasteiger partial charge is 0.246 e. The summed E-state index contributed by atoms with van der Waals surface area (Å²) in [5, 5.41) is 13.7. The maximum absolute atomic E-state index is 11.5. The number of carbonyl (C=O) groups excluding carboxylic acids is 1. The molecule has 1 atom stereocenters. The second-order valence-electron chi connectivity index (χ2n) is 9.74. The van der Waals surface area contributed by atoms with Gasteiger partial charge in [0.2, 0.25) is 5.91 Å². The molecule has 27 heavy (non-hydrogen) atoms. The van der Waals surface area contributed by atoms with E-state index in [1.807, 2.05) is 6.92 Å². The van der Waals surface area contributed by atoms with Crippen molar-refractivity contribution in [1.82, 2.24) is 5.32 Å². The minimum Gasteiger partial charge on any atom is -0.379 e. The molecule has 0 aromatic carbocycles. The van der Waals surface area contributed by atoms with Gasteiger partial charge in [-0.3, -0.25) is 4.79 Å². The number of carbonyl (C=O) groups is 1. The molecular weight excluding hydrogens is 338 g/mol. The molecule has 0 aromatic heterocycles. The maximum atomic E-state index is 11.5. The fraction of sp³-hybridized carbons (Fsp3) is 0.727. The third-order valence-electron chi connectivity index (χ3n) is 4.83. The molecule has 0 aliphatic rings. The molecule has 0 saturated carbocycles. The minimum atomic E-state index is -0.729. The fourth-order valence-corrected chi connectivity index (χ4v) is 3.31. The van der Waals surface area contributed by atoms with Gasteiger partial charge in [0.15, 0.2) is 5.60 Å². The Kier molecular flexibility index (Phi) is 14.7. The lowest BCUT2D eigenvalue weighted by Gasteiger charge is -2.48. The van der Waals surface area contributed by atoms with Gasteiger partial charge in [0.25, 0.3) is 0 Å². The third kappa shape index (κ3) is 13.0. The Bertz CT molecular complexity index is 447. The number of rotatable bonds is 10. The van der Waals surface area contributed by atoms with Crippen LogP contribution in [0.1, 0.15) is 40.5 Å². The Morgan fingerprint density at radius 2 is 1.44 bits per heavy atom. The largest absolute Gasteiger partial charge is 0.379 e. The minimum absolute atomic E-state index is 0. The average molecular weight is 389 g/mol. The predicted molar refractivity (Wildman–Crippen MR) is 121 cm³/mol. The van der Waals surface area contributed by atoms with Crippen molar-refractivity contribution in [3.63, 3.8) is 0 Å². The van der Waals surface area contributed by atoms with E-state index in [2.05, 4.69) is 61.0 Å². The number of nitrogens with zero attached hydrogens (tertiary/aromatic N) is 2. The molecule has 0 radical (unpaired) electrons. The monoisotopic (exact) mass is 388 g/mol. The number of quaternary nitrogens is 2. The lowest BCUT2D eigenvalue weighted by atomic mass is 9.91. The van der Waals surface area contributed by atoms with Crippen LogP contribution in [0.25, 0.3) is 0 Å². The summed E-state index contributed by atoms with van der Waals surface area (Å²) in [6.07, 6.45) is 1.88. The van der Waals surface area contributed by atoms with Crippen LogP contribution in [0.2, 0.25) is 0 Å². The van der Waals surface area contributed by atoms with Gasteiger partial charge in [-0.05, 0) is 34.1 Å².